The summed E-state index contributed by atoms with van der Waals surface area (Å²) in [5, 5.41) is 15.3. The molecule has 1 amide bonds. The average molecular weight is 350 g/mol. The van der Waals surface area contributed by atoms with Crippen LogP contribution in [0.2, 0.25) is 0 Å². The molecule has 0 aliphatic rings. The number of amides is 1. The fraction of sp³-hybridized carbons (Fsp3) is 0.353. The Morgan fingerprint density at radius 3 is 2.52 bits per heavy atom. The van der Waals surface area contributed by atoms with Gasteiger partial charge in [0.25, 0.3) is 0 Å². The lowest BCUT2D eigenvalue weighted by Gasteiger charge is -2.21. The van der Waals surface area contributed by atoms with Gasteiger partial charge in [-0.1, -0.05) is 5.16 Å². The van der Waals surface area contributed by atoms with Crippen LogP contribution in [0.25, 0.3) is 11.3 Å². The molecule has 2 aromatic rings. The van der Waals surface area contributed by atoms with Crippen LogP contribution in [0.3, 0.4) is 0 Å². The van der Waals surface area contributed by atoms with Gasteiger partial charge < -0.3 is 19.7 Å². The van der Waals surface area contributed by atoms with Crippen LogP contribution in [0.4, 0.5) is 9.18 Å². The zero-order valence-corrected chi connectivity index (χ0v) is 14.1. The van der Waals surface area contributed by atoms with Gasteiger partial charge in [-0.25, -0.2) is 14.0 Å². The highest BCUT2D eigenvalue weighted by Crippen LogP contribution is 2.21. The van der Waals surface area contributed by atoms with Gasteiger partial charge in [-0.05, 0) is 45.0 Å². The third kappa shape index (κ3) is 5.59. The molecule has 2 N–H and O–H groups in total. The summed E-state index contributed by atoms with van der Waals surface area (Å²) in [5.41, 5.74) is 0.200. The number of aromatic nitrogens is 1. The van der Waals surface area contributed by atoms with Crippen molar-refractivity contribution in [3.8, 4) is 11.3 Å². The van der Waals surface area contributed by atoms with Gasteiger partial charge in [-0.15, -0.1) is 0 Å². The van der Waals surface area contributed by atoms with Crippen LogP contribution in [0.1, 0.15) is 26.5 Å². The number of benzene rings is 1. The van der Waals surface area contributed by atoms with E-state index in [1.54, 1.807) is 26.8 Å². The Bertz CT molecular complexity index is 749. The van der Waals surface area contributed by atoms with Crippen molar-refractivity contribution in [2.75, 3.05) is 0 Å². The van der Waals surface area contributed by atoms with Crippen molar-refractivity contribution in [2.24, 2.45) is 0 Å². The molecule has 8 heteroatoms. The second-order valence-corrected chi connectivity index (χ2v) is 6.43. The van der Waals surface area contributed by atoms with Gasteiger partial charge >= 0.3 is 12.1 Å². The lowest BCUT2D eigenvalue weighted by Crippen LogP contribution is -2.44. The number of hydrogen-bond acceptors (Lipinski definition) is 5. The van der Waals surface area contributed by atoms with E-state index in [0.717, 1.165) is 0 Å². The number of halogens is 1. The van der Waals surface area contributed by atoms with Crippen molar-refractivity contribution >= 4 is 12.1 Å². The maximum atomic E-state index is 12.9. The largest absolute Gasteiger partial charge is 0.480 e. The number of nitrogens with one attached hydrogen (secondary N) is 1. The summed E-state index contributed by atoms with van der Waals surface area (Å²) in [7, 11) is 0. The minimum absolute atomic E-state index is 0.0841. The van der Waals surface area contributed by atoms with Crippen molar-refractivity contribution in [2.45, 2.75) is 38.8 Å². The van der Waals surface area contributed by atoms with Gasteiger partial charge in [0.2, 0.25) is 0 Å². The highest BCUT2D eigenvalue weighted by Gasteiger charge is 2.25. The maximum absolute atomic E-state index is 12.9. The summed E-state index contributed by atoms with van der Waals surface area (Å²) < 4.78 is 23.1. The summed E-state index contributed by atoms with van der Waals surface area (Å²) >= 11 is 0. The van der Waals surface area contributed by atoms with Crippen molar-refractivity contribution in [1.82, 2.24) is 10.5 Å². The summed E-state index contributed by atoms with van der Waals surface area (Å²) in [6, 6.07) is 5.92. The summed E-state index contributed by atoms with van der Waals surface area (Å²) in [4.78, 5) is 23.1. The van der Waals surface area contributed by atoms with Crippen molar-refractivity contribution in [3.63, 3.8) is 0 Å². The average Bonchev–Trinajstić information content (AvgIpc) is 2.94. The van der Waals surface area contributed by atoms with E-state index in [0.29, 0.717) is 17.0 Å². The topological polar surface area (TPSA) is 102 Å². The molecule has 0 saturated carbocycles. The number of hydrogen-bond donors (Lipinski definition) is 2. The van der Waals surface area contributed by atoms with Crippen LogP contribution in [0, 0.1) is 5.82 Å². The summed E-state index contributed by atoms with van der Waals surface area (Å²) in [6.07, 6.45) is -0.915. The van der Waals surface area contributed by atoms with E-state index >= 15 is 0 Å². The Morgan fingerprint density at radius 2 is 1.96 bits per heavy atom. The van der Waals surface area contributed by atoms with E-state index in [1.165, 1.54) is 24.3 Å². The highest BCUT2D eigenvalue weighted by molar-refractivity contribution is 5.80. The smallest absolute Gasteiger partial charge is 0.408 e. The Balaban J connectivity index is 2.06. The van der Waals surface area contributed by atoms with Crippen LogP contribution in [0.5, 0.6) is 0 Å². The lowest BCUT2D eigenvalue weighted by molar-refractivity contribution is -0.139. The monoisotopic (exact) mass is 350 g/mol. The Labute approximate surface area is 143 Å². The van der Waals surface area contributed by atoms with Crippen LogP contribution >= 0.6 is 0 Å². The normalized spacial score (nSPS) is 12.5. The van der Waals surface area contributed by atoms with Gasteiger partial charge in [0.05, 0.1) is 5.69 Å². The van der Waals surface area contributed by atoms with E-state index < -0.39 is 23.7 Å². The van der Waals surface area contributed by atoms with Gasteiger partial charge in [0.1, 0.15) is 17.5 Å². The molecule has 1 heterocycles. The predicted octanol–water partition coefficient (Wildman–Crippen LogP) is 3.00. The molecule has 0 spiro atoms. The maximum Gasteiger partial charge on any atom is 0.408 e. The number of carbonyl (C=O) groups excluding carboxylic acids is 1. The van der Waals surface area contributed by atoms with Gasteiger partial charge in [0, 0.05) is 18.1 Å². The Morgan fingerprint density at radius 1 is 1.32 bits per heavy atom. The molecule has 25 heavy (non-hydrogen) atoms. The number of carbonyl (C=O) groups is 2. The molecule has 0 aliphatic heterocycles. The van der Waals surface area contributed by atoms with Crippen molar-refractivity contribution in [1.29, 1.82) is 0 Å². The molecule has 0 fully saturated rings. The van der Waals surface area contributed by atoms with Crippen LogP contribution in [-0.4, -0.2) is 34.0 Å². The first-order chi connectivity index (χ1) is 11.6. The molecular formula is C17H19FN2O5. The fourth-order valence-electron chi connectivity index (χ4n) is 2.02. The lowest BCUT2D eigenvalue weighted by atomic mass is 10.1. The summed E-state index contributed by atoms with van der Waals surface area (Å²) in [6.45, 7) is 5.03. The highest BCUT2D eigenvalue weighted by atomic mass is 19.1. The zero-order valence-electron chi connectivity index (χ0n) is 14.1. The van der Waals surface area contributed by atoms with Gasteiger partial charge in [-0.2, -0.15) is 0 Å². The molecule has 0 aliphatic carbocycles. The molecule has 0 bridgehead atoms. The van der Waals surface area contributed by atoms with Gasteiger partial charge in [0.15, 0.2) is 5.76 Å². The van der Waals surface area contributed by atoms with Gasteiger partial charge in [-0.3, -0.25) is 0 Å². The minimum Gasteiger partial charge on any atom is -0.480 e. The molecule has 1 atom stereocenters. The molecule has 134 valence electrons. The second kappa shape index (κ2) is 7.33. The Hall–Kier alpha value is -2.90. The van der Waals surface area contributed by atoms with Crippen LogP contribution in [0.15, 0.2) is 34.9 Å². The van der Waals surface area contributed by atoms with E-state index in [1.807, 2.05) is 0 Å². The molecule has 0 radical (unpaired) electrons. The van der Waals surface area contributed by atoms with E-state index in [-0.39, 0.29) is 12.2 Å². The van der Waals surface area contributed by atoms with Crippen molar-refractivity contribution < 1.29 is 28.3 Å². The van der Waals surface area contributed by atoms with E-state index in [2.05, 4.69) is 10.5 Å². The molecule has 0 saturated heterocycles. The standard InChI is InChI=1S/C17H19FN2O5/c1-17(2,3)24-16(23)19-13(15(21)22)8-12-9-14(25-20-12)10-4-6-11(18)7-5-10/h4-7,9,13H,8H2,1-3H3,(H,19,23)(H,21,22). The third-order valence-electron chi connectivity index (χ3n) is 3.09. The number of carboxylic acid groups (broad SMARTS) is 1. The third-order valence-corrected chi connectivity index (χ3v) is 3.09. The quantitative estimate of drug-likeness (QED) is 0.859. The predicted molar refractivity (Wildman–Crippen MR) is 86.4 cm³/mol. The second-order valence-electron chi connectivity index (χ2n) is 6.43. The SMILES string of the molecule is CC(C)(C)OC(=O)NC(Cc1cc(-c2ccc(F)cc2)on1)C(=O)O. The number of carboxylic acids is 1. The number of aliphatic carboxylic acids is 1. The summed E-state index contributed by atoms with van der Waals surface area (Å²) in [5.74, 6) is -1.23. The zero-order chi connectivity index (χ0) is 18.6. The number of ether oxygens (including phenoxy) is 1. The molecule has 1 unspecified atom stereocenters. The number of nitrogens with zero attached hydrogens (tertiary/aromatic N) is 1. The minimum atomic E-state index is -1.22. The Kier molecular flexibility index (Phi) is 5.41. The molecule has 2 rings (SSSR count). The first-order valence-electron chi connectivity index (χ1n) is 7.58. The number of rotatable bonds is 5. The molecule has 1 aromatic carbocycles. The fourth-order valence-corrected chi connectivity index (χ4v) is 2.02. The van der Waals surface area contributed by atoms with Crippen LogP contribution < -0.4 is 5.32 Å². The van der Waals surface area contributed by atoms with Crippen molar-refractivity contribution in [3.05, 3.63) is 41.8 Å². The van der Waals surface area contributed by atoms with Crippen LogP contribution in [-0.2, 0) is 16.0 Å². The molecule has 7 nitrogen and oxygen atoms in total. The van der Waals surface area contributed by atoms with E-state index in [9.17, 15) is 19.1 Å². The molecular weight excluding hydrogens is 331 g/mol. The first-order valence-corrected chi connectivity index (χ1v) is 7.58. The number of alkyl carbamates (subject to hydrolysis) is 1. The first kappa shape index (κ1) is 18.4. The molecule has 1 aromatic heterocycles. The van der Waals surface area contributed by atoms with E-state index in [4.69, 9.17) is 9.26 Å².